The lowest BCUT2D eigenvalue weighted by molar-refractivity contribution is 0.410. The second-order valence-electron chi connectivity index (χ2n) is 6.01. The van der Waals surface area contributed by atoms with E-state index in [4.69, 9.17) is 11.6 Å². The molecular weight excluding hydrogens is 372 g/mol. The summed E-state index contributed by atoms with van der Waals surface area (Å²) in [5, 5.41) is 0.544. The van der Waals surface area contributed by atoms with E-state index in [2.05, 4.69) is 15.0 Å². The topological polar surface area (TPSA) is 79.0 Å². The maximum Gasteiger partial charge on any atom is 0.243 e. The van der Waals surface area contributed by atoms with E-state index in [0.717, 1.165) is 18.4 Å². The van der Waals surface area contributed by atoms with Gasteiger partial charge in [-0.1, -0.05) is 25.4 Å². The second kappa shape index (κ2) is 7.73. The van der Waals surface area contributed by atoms with Crippen LogP contribution in [0, 0.1) is 0 Å². The quantitative estimate of drug-likeness (QED) is 0.656. The molecule has 0 spiro atoms. The van der Waals surface area contributed by atoms with E-state index >= 15 is 0 Å². The van der Waals surface area contributed by atoms with Crippen molar-refractivity contribution in [2.24, 2.45) is 0 Å². The lowest BCUT2D eigenvalue weighted by Gasteiger charge is -2.21. The molecule has 8 heteroatoms. The Kier molecular flexibility index (Phi) is 5.60. The molecule has 0 fully saturated rings. The molecule has 26 heavy (non-hydrogen) atoms. The number of rotatable bonds is 7. The first-order valence-electron chi connectivity index (χ1n) is 8.58. The Bertz CT molecular complexity index is 994. The number of sulfonamides is 1. The molecule has 0 aliphatic carbocycles. The molecule has 3 rings (SSSR count). The van der Waals surface area contributed by atoms with Gasteiger partial charge in [-0.25, -0.2) is 18.4 Å². The predicted octanol–water partition coefficient (Wildman–Crippen LogP) is 4.09. The van der Waals surface area contributed by atoms with Gasteiger partial charge in [-0.15, -0.1) is 0 Å². The Balaban J connectivity index is 1.93. The number of aromatic nitrogens is 3. The van der Waals surface area contributed by atoms with Gasteiger partial charge >= 0.3 is 0 Å². The molecule has 0 atom stereocenters. The average molecular weight is 393 g/mol. The molecule has 0 saturated carbocycles. The monoisotopic (exact) mass is 392 g/mol. The summed E-state index contributed by atoms with van der Waals surface area (Å²) in [5.41, 5.74) is 1.97. The SMILES string of the molecule is CCCN(CCC)S(=O)(=O)c1ccc(-c2nc3nccc(Cl)c3[nH]2)cc1. The molecule has 0 radical (unpaired) electrons. The number of benzene rings is 1. The summed E-state index contributed by atoms with van der Waals surface area (Å²) in [6, 6.07) is 8.41. The van der Waals surface area contributed by atoms with E-state index in [1.165, 1.54) is 4.31 Å². The Hall–Kier alpha value is -1.96. The largest absolute Gasteiger partial charge is 0.335 e. The Morgan fingerprint density at radius 3 is 2.31 bits per heavy atom. The third-order valence-electron chi connectivity index (χ3n) is 4.05. The summed E-state index contributed by atoms with van der Waals surface area (Å²) in [4.78, 5) is 12.0. The van der Waals surface area contributed by atoms with Crippen LogP contribution >= 0.6 is 11.6 Å². The minimum absolute atomic E-state index is 0.287. The fraction of sp³-hybridized carbons (Fsp3) is 0.333. The molecular formula is C18H21ClN4O2S. The normalized spacial score (nSPS) is 12.2. The number of imidazole rings is 1. The van der Waals surface area contributed by atoms with Crippen molar-refractivity contribution in [2.75, 3.05) is 13.1 Å². The number of hydrogen-bond donors (Lipinski definition) is 1. The lowest BCUT2D eigenvalue weighted by Crippen LogP contribution is -2.32. The van der Waals surface area contributed by atoms with Crippen LogP contribution < -0.4 is 0 Å². The number of halogens is 1. The van der Waals surface area contributed by atoms with Crippen LogP contribution in [0.5, 0.6) is 0 Å². The van der Waals surface area contributed by atoms with Gasteiger partial charge in [-0.2, -0.15) is 4.31 Å². The van der Waals surface area contributed by atoms with E-state index < -0.39 is 10.0 Å². The van der Waals surface area contributed by atoms with Crippen molar-refractivity contribution in [1.29, 1.82) is 0 Å². The van der Waals surface area contributed by atoms with Crippen molar-refractivity contribution in [3.8, 4) is 11.4 Å². The van der Waals surface area contributed by atoms with Crippen molar-refractivity contribution in [1.82, 2.24) is 19.3 Å². The van der Waals surface area contributed by atoms with Crippen LogP contribution in [-0.4, -0.2) is 40.8 Å². The zero-order valence-corrected chi connectivity index (χ0v) is 16.3. The van der Waals surface area contributed by atoms with Gasteiger partial charge in [0.15, 0.2) is 5.65 Å². The van der Waals surface area contributed by atoms with Crippen molar-refractivity contribution in [2.45, 2.75) is 31.6 Å². The second-order valence-corrected chi connectivity index (χ2v) is 8.35. The molecule has 1 aromatic carbocycles. The van der Waals surface area contributed by atoms with Gasteiger partial charge in [0.25, 0.3) is 0 Å². The first kappa shape index (κ1) is 18.8. The van der Waals surface area contributed by atoms with Gasteiger partial charge in [-0.05, 0) is 43.2 Å². The molecule has 0 saturated heterocycles. The molecule has 1 N–H and O–H groups in total. The summed E-state index contributed by atoms with van der Waals surface area (Å²) in [5.74, 6) is 0.600. The maximum absolute atomic E-state index is 12.8. The van der Waals surface area contributed by atoms with Gasteiger partial charge in [0.1, 0.15) is 11.3 Å². The van der Waals surface area contributed by atoms with E-state index in [1.54, 1.807) is 36.5 Å². The van der Waals surface area contributed by atoms with Crippen molar-refractivity contribution >= 4 is 32.8 Å². The fourth-order valence-electron chi connectivity index (χ4n) is 2.80. The standard InChI is InChI=1S/C18H21ClN4O2S/c1-3-11-23(12-4-2)26(24,25)14-7-5-13(6-8-14)17-21-16-15(19)9-10-20-18(16)22-17/h5-10H,3-4,11-12H2,1-2H3,(H,20,21,22). The summed E-state index contributed by atoms with van der Waals surface area (Å²) in [6.07, 6.45) is 3.16. The molecule has 0 bridgehead atoms. The van der Waals surface area contributed by atoms with Crippen LogP contribution in [0.3, 0.4) is 0 Å². The molecule has 0 amide bonds. The highest BCUT2D eigenvalue weighted by Crippen LogP contribution is 2.25. The fourth-order valence-corrected chi connectivity index (χ4v) is 4.61. The van der Waals surface area contributed by atoms with Crippen molar-refractivity contribution < 1.29 is 8.42 Å². The highest BCUT2D eigenvalue weighted by atomic mass is 35.5. The van der Waals surface area contributed by atoms with Crippen LogP contribution in [0.1, 0.15) is 26.7 Å². The molecule has 3 aromatic rings. The zero-order valence-electron chi connectivity index (χ0n) is 14.7. The number of hydrogen-bond acceptors (Lipinski definition) is 4. The smallest absolute Gasteiger partial charge is 0.243 e. The van der Waals surface area contributed by atoms with Gasteiger partial charge in [-0.3, -0.25) is 0 Å². The minimum Gasteiger partial charge on any atom is -0.335 e. The maximum atomic E-state index is 12.8. The van der Waals surface area contributed by atoms with E-state index in [-0.39, 0.29) is 4.90 Å². The Labute approximate surface area is 158 Å². The molecule has 0 unspecified atom stereocenters. The lowest BCUT2D eigenvalue weighted by atomic mass is 10.2. The third kappa shape index (κ3) is 3.60. The number of fused-ring (bicyclic) bond motifs is 1. The van der Waals surface area contributed by atoms with Crippen molar-refractivity contribution in [3.63, 3.8) is 0 Å². The highest BCUT2D eigenvalue weighted by Gasteiger charge is 2.23. The van der Waals surface area contributed by atoms with Crippen LogP contribution in [0.25, 0.3) is 22.6 Å². The summed E-state index contributed by atoms with van der Waals surface area (Å²) in [6.45, 7) is 4.99. The van der Waals surface area contributed by atoms with Gasteiger partial charge in [0, 0.05) is 24.8 Å². The molecule has 2 aromatic heterocycles. The van der Waals surface area contributed by atoms with Gasteiger partial charge in [0.05, 0.1) is 9.92 Å². The number of aromatic amines is 1. The Morgan fingerprint density at radius 1 is 1.08 bits per heavy atom. The molecule has 6 nitrogen and oxygen atoms in total. The van der Waals surface area contributed by atoms with Crippen LogP contribution in [0.4, 0.5) is 0 Å². The molecule has 0 aliphatic heterocycles. The van der Waals surface area contributed by atoms with Crippen LogP contribution in [0.2, 0.25) is 5.02 Å². The first-order valence-corrected chi connectivity index (χ1v) is 10.4. The minimum atomic E-state index is -3.49. The third-order valence-corrected chi connectivity index (χ3v) is 6.28. The zero-order chi connectivity index (χ0) is 18.7. The van der Waals surface area contributed by atoms with Gasteiger partial charge < -0.3 is 4.98 Å². The number of H-pyrrole nitrogens is 1. The molecule has 138 valence electrons. The number of nitrogens with zero attached hydrogens (tertiary/aromatic N) is 3. The summed E-state index contributed by atoms with van der Waals surface area (Å²) < 4.78 is 27.2. The molecule has 2 heterocycles. The number of nitrogens with one attached hydrogen (secondary N) is 1. The Morgan fingerprint density at radius 2 is 1.73 bits per heavy atom. The van der Waals surface area contributed by atoms with E-state index in [0.29, 0.717) is 35.1 Å². The van der Waals surface area contributed by atoms with Crippen LogP contribution in [0.15, 0.2) is 41.4 Å². The average Bonchev–Trinajstić information content (AvgIpc) is 3.07. The van der Waals surface area contributed by atoms with Crippen molar-refractivity contribution in [3.05, 3.63) is 41.6 Å². The van der Waals surface area contributed by atoms with E-state index in [9.17, 15) is 8.42 Å². The number of pyridine rings is 1. The molecule has 0 aliphatic rings. The predicted molar refractivity (Wildman–Crippen MR) is 104 cm³/mol. The van der Waals surface area contributed by atoms with Gasteiger partial charge in [0.2, 0.25) is 10.0 Å². The first-order chi connectivity index (χ1) is 12.5. The summed E-state index contributed by atoms with van der Waals surface area (Å²) >= 11 is 6.14. The van der Waals surface area contributed by atoms with E-state index in [1.807, 2.05) is 13.8 Å². The van der Waals surface area contributed by atoms with Crippen LogP contribution in [-0.2, 0) is 10.0 Å². The summed E-state index contributed by atoms with van der Waals surface area (Å²) in [7, 11) is -3.49. The highest BCUT2D eigenvalue weighted by molar-refractivity contribution is 7.89.